The number of rotatable bonds is 11. The molecule has 3 heterocycles. The number of nitrogens with one attached hydrogen (secondary N) is 1. The first kappa shape index (κ1) is 36.0. The lowest BCUT2D eigenvalue weighted by Gasteiger charge is -2.38. The van der Waals surface area contributed by atoms with Crippen LogP contribution in [0.15, 0.2) is 60.1 Å². The van der Waals surface area contributed by atoms with Crippen LogP contribution in [0.2, 0.25) is 5.02 Å². The number of alkyl halides is 5. The number of ether oxygens (including phenoxy) is 1. The Morgan fingerprint density at radius 3 is 2.57 bits per heavy atom. The summed E-state index contributed by atoms with van der Waals surface area (Å²) in [5, 5.41) is 10.1. The SMILES string of the molecule is CC(C)(C)C[C@]1(C2C=CC(c3cnn(C(F)F)c3)=CC2)N=C(N)N([C@H](COC(=O)N[C@H]2C[C@H]2F)c2ccc(Cl)c(-n3ncnc3C(F)F)c2)C1=O. The van der Waals surface area contributed by atoms with Gasteiger partial charge in [0.25, 0.3) is 12.3 Å². The fourth-order valence-corrected chi connectivity index (χ4v) is 6.66. The number of aliphatic imine (C=N–C) groups is 1. The Labute approximate surface area is 294 Å². The molecule has 272 valence electrons. The summed E-state index contributed by atoms with van der Waals surface area (Å²) in [6.07, 6.45) is 4.38. The molecule has 6 rings (SSSR count). The molecule has 0 bridgehead atoms. The number of alkyl carbamates (subject to hydrolysis) is 1. The standard InChI is InChI=1S/C33H35ClF5N9O3/c1-32(2,3)15-33(20-7-4-17(5-8-20)19-12-42-46(13-19)29(38)39)28(49)47(30(40)45-33)25(14-51-31(50)44-23-11-22(23)35)18-6-9-21(34)24(10-18)48-27(26(36)37)41-16-43-48/h4-7,9-10,12-13,16,20,22-23,25-26,29H,8,11,14-15H2,1-3H3,(H2,40,45)(H,44,50)/t20?,22-,23+,25-,33-/m1/s1. The van der Waals surface area contributed by atoms with Gasteiger partial charge in [-0.05, 0) is 41.5 Å². The Balaban J connectivity index is 1.36. The Hall–Kier alpha value is -4.80. The zero-order valence-electron chi connectivity index (χ0n) is 27.7. The van der Waals surface area contributed by atoms with E-state index in [0.29, 0.717) is 22.2 Å². The van der Waals surface area contributed by atoms with Crippen molar-refractivity contribution < 1.29 is 36.3 Å². The Morgan fingerprint density at radius 1 is 1.22 bits per heavy atom. The Bertz CT molecular complexity index is 1910. The first-order valence-electron chi connectivity index (χ1n) is 16.0. The van der Waals surface area contributed by atoms with Crippen LogP contribution in [-0.2, 0) is 9.53 Å². The normalized spacial score (nSPS) is 23.9. The van der Waals surface area contributed by atoms with E-state index in [2.05, 4.69) is 20.5 Å². The molecule has 1 fully saturated rings. The molecular formula is C33H35ClF5N9O3. The van der Waals surface area contributed by atoms with Crippen LogP contribution < -0.4 is 11.1 Å². The number of halogens is 6. The quantitative estimate of drug-likeness (QED) is 0.219. The number of nitrogens with two attached hydrogens (primary N) is 1. The molecule has 0 spiro atoms. The highest BCUT2D eigenvalue weighted by atomic mass is 35.5. The first-order chi connectivity index (χ1) is 24.1. The molecule has 0 saturated heterocycles. The van der Waals surface area contributed by atoms with E-state index in [1.54, 1.807) is 12.2 Å². The summed E-state index contributed by atoms with van der Waals surface area (Å²) in [5.41, 5.74) is 6.07. The van der Waals surface area contributed by atoms with Crippen molar-refractivity contribution in [2.75, 3.05) is 6.61 Å². The summed E-state index contributed by atoms with van der Waals surface area (Å²) in [4.78, 5) is 37.2. The number of carbonyl (C=O) groups is 2. The van der Waals surface area contributed by atoms with E-state index in [9.17, 15) is 31.5 Å². The second kappa shape index (κ2) is 13.7. The molecule has 51 heavy (non-hydrogen) atoms. The maximum atomic E-state index is 14.9. The predicted molar refractivity (Wildman–Crippen MR) is 176 cm³/mol. The highest BCUT2D eigenvalue weighted by Gasteiger charge is 2.55. The van der Waals surface area contributed by atoms with Gasteiger partial charge < -0.3 is 15.8 Å². The number of nitrogens with zero attached hydrogens (tertiary/aromatic N) is 7. The summed E-state index contributed by atoms with van der Waals surface area (Å²) in [6.45, 7) is 2.53. The van der Waals surface area contributed by atoms with E-state index in [1.165, 1.54) is 35.5 Å². The molecule has 2 aromatic heterocycles. The molecule has 1 aromatic carbocycles. The molecule has 1 unspecified atom stereocenters. The van der Waals surface area contributed by atoms with Gasteiger partial charge in [0.1, 0.15) is 19.1 Å². The van der Waals surface area contributed by atoms with Crippen LogP contribution in [0.5, 0.6) is 0 Å². The van der Waals surface area contributed by atoms with Gasteiger partial charge in [0.2, 0.25) is 0 Å². The van der Waals surface area contributed by atoms with Gasteiger partial charge in [-0.25, -0.2) is 37.3 Å². The summed E-state index contributed by atoms with van der Waals surface area (Å²) >= 11 is 6.43. The smallest absolute Gasteiger partial charge is 0.407 e. The number of amides is 2. The van der Waals surface area contributed by atoms with Crippen LogP contribution in [0.1, 0.15) is 76.0 Å². The third-order valence-electron chi connectivity index (χ3n) is 8.85. The summed E-state index contributed by atoms with van der Waals surface area (Å²) < 4.78 is 74.4. The number of aromatic nitrogens is 5. The fourth-order valence-electron chi connectivity index (χ4n) is 6.46. The maximum absolute atomic E-state index is 14.9. The van der Waals surface area contributed by atoms with Crippen LogP contribution in [0.25, 0.3) is 11.3 Å². The van der Waals surface area contributed by atoms with Crippen molar-refractivity contribution in [3.05, 3.63) is 77.1 Å². The molecule has 3 N–H and O–H groups in total. The molecule has 3 aromatic rings. The number of guanidine groups is 1. The highest BCUT2D eigenvalue weighted by Crippen LogP contribution is 2.46. The zero-order chi connectivity index (χ0) is 36.8. The number of carbonyl (C=O) groups excluding carboxylic acids is 2. The van der Waals surface area contributed by atoms with Crippen molar-refractivity contribution >= 4 is 35.1 Å². The van der Waals surface area contributed by atoms with E-state index in [4.69, 9.17) is 27.1 Å². The van der Waals surface area contributed by atoms with Crippen molar-refractivity contribution in [1.29, 1.82) is 0 Å². The van der Waals surface area contributed by atoms with Gasteiger partial charge in [-0.15, -0.1) is 0 Å². The lowest BCUT2D eigenvalue weighted by atomic mass is 9.70. The third-order valence-corrected chi connectivity index (χ3v) is 9.17. The minimum atomic E-state index is -2.99. The van der Waals surface area contributed by atoms with Gasteiger partial charge in [0, 0.05) is 24.1 Å². The number of hydrogen-bond acceptors (Lipinski definition) is 8. The lowest BCUT2D eigenvalue weighted by molar-refractivity contribution is -0.136. The largest absolute Gasteiger partial charge is 0.447 e. The van der Waals surface area contributed by atoms with Gasteiger partial charge in [-0.1, -0.05) is 56.7 Å². The lowest BCUT2D eigenvalue weighted by Crippen LogP contribution is -2.51. The Kier molecular flexibility index (Phi) is 9.69. The zero-order valence-corrected chi connectivity index (χ0v) is 28.4. The molecule has 12 nitrogen and oxygen atoms in total. The highest BCUT2D eigenvalue weighted by molar-refractivity contribution is 6.32. The van der Waals surface area contributed by atoms with Gasteiger partial charge >= 0.3 is 12.6 Å². The van der Waals surface area contributed by atoms with Crippen LogP contribution in [0, 0.1) is 11.3 Å². The molecule has 1 aliphatic heterocycles. The average Bonchev–Trinajstić information content (AvgIpc) is 3.45. The van der Waals surface area contributed by atoms with Crippen molar-refractivity contribution in [2.24, 2.45) is 22.1 Å². The molecule has 0 radical (unpaired) electrons. The first-order valence-corrected chi connectivity index (χ1v) is 16.4. The van der Waals surface area contributed by atoms with Crippen LogP contribution in [-0.4, -0.2) is 71.8 Å². The monoisotopic (exact) mass is 735 g/mol. The van der Waals surface area contributed by atoms with Gasteiger partial charge in [0.05, 0.1) is 29.0 Å². The molecule has 5 atom stereocenters. The fraction of sp³-hybridized carbons (Fsp3) is 0.455. The second-order valence-electron chi connectivity index (χ2n) is 13.8. The molecule has 2 aliphatic carbocycles. The van der Waals surface area contributed by atoms with Crippen molar-refractivity contribution in [2.45, 2.75) is 76.8 Å². The van der Waals surface area contributed by atoms with Crippen LogP contribution >= 0.6 is 11.6 Å². The van der Waals surface area contributed by atoms with Crippen LogP contribution in [0.3, 0.4) is 0 Å². The van der Waals surface area contributed by atoms with Crippen molar-refractivity contribution in [3.8, 4) is 5.69 Å². The Morgan fingerprint density at radius 2 is 1.96 bits per heavy atom. The van der Waals surface area contributed by atoms with E-state index in [0.717, 1.165) is 11.0 Å². The van der Waals surface area contributed by atoms with Gasteiger partial charge in [-0.3, -0.25) is 9.69 Å². The third kappa shape index (κ3) is 7.34. The molecular weight excluding hydrogens is 701 g/mol. The second-order valence-corrected chi connectivity index (χ2v) is 14.2. The molecule has 2 amide bonds. The van der Waals surface area contributed by atoms with E-state index in [-0.39, 0.29) is 35.1 Å². The van der Waals surface area contributed by atoms with Crippen molar-refractivity contribution in [1.82, 2.24) is 34.8 Å². The van der Waals surface area contributed by atoms with Crippen LogP contribution in [0.4, 0.5) is 26.7 Å². The molecule has 1 saturated carbocycles. The summed E-state index contributed by atoms with van der Waals surface area (Å²) in [5.74, 6) is -1.91. The van der Waals surface area contributed by atoms with Gasteiger partial charge in [-0.2, -0.15) is 19.0 Å². The molecule has 18 heteroatoms. The summed E-state index contributed by atoms with van der Waals surface area (Å²) in [7, 11) is 0. The van der Waals surface area contributed by atoms with Gasteiger partial charge in [0.15, 0.2) is 17.3 Å². The number of benzene rings is 1. The number of allylic oxidation sites excluding steroid dienone is 3. The number of hydrogen-bond donors (Lipinski definition) is 2. The average molecular weight is 736 g/mol. The molecule has 3 aliphatic rings. The van der Waals surface area contributed by atoms with E-state index >= 15 is 0 Å². The van der Waals surface area contributed by atoms with E-state index in [1.807, 2.05) is 26.8 Å². The predicted octanol–water partition coefficient (Wildman–Crippen LogP) is 6.32. The van der Waals surface area contributed by atoms with E-state index < -0.39 is 72.5 Å². The van der Waals surface area contributed by atoms with Crippen molar-refractivity contribution in [3.63, 3.8) is 0 Å². The minimum Gasteiger partial charge on any atom is -0.447 e. The maximum Gasteiger partial charge on any atom is 0.407 e. The minimum absolute atomic E-state index is 0.0147. The summed E-state index contributed by atoms with van der Waals surface area (Å²) in [6, 6.07) is 2.50. The topological polar surface area (TPSA) is 146 Å².